The molecule has 27 heavy (non-hydrogen) atoms. The quantitative estimate of drug-likeness (QED) is 0.748. The molecule has 2 amide bonds. The van der Waals surface area contributed by atoms with E-state index in [1.807, 2.05) is 13.0 Å². The van der Waals surface area contributed by atoms with Gasteiger partial charge in [0.15, 0.2) is 6.61 Å². The minimum Gasteiger partial charge on any atom is -0.495 e. The molecule has 1 aromatic rings. The molecule has 1 atom stereocenters. The van der Waals surface area contributed by atoms with Gasteiger partial charge in [0, 0.05) is 13.0 Å². The average Bonchev–Trinajstić information content (AvgIpc) is 2.99. The molecule has 1 fully saturated rings. The molecule has 0 radical (unpaired) electrons. The van der Waals surface area contributed by atoms with Crippen LogP contribution in [0.2, 0.25) is 0 Å². The number of rotatable bonds is 6. The highest BCUT2D eigenvalue weighted by atomic mass is 19.4. The van der Waals surface area contributed by atoms with Crippen LogP contribution in [-0.2, 0) is 19.1 Å². The number of aryl methyl sites for hydroxylation is 1. The van der Waals surface area contributed by atoms with E-state index in [0.717, 1.165) is 5.56 Å². The number of carbonyl (C=O) groups is 3. The van der Waals surface area contributed by atoms with E-state index >= 15 is 0 Å². The van der Waals surface area contributed by atoms with Gasteiger partial charge in [-0.3, -0.25) is 14.4 Å². The molecular weight excluding hydrogens is 369 g/mol. The number of amides is 2. The summed E-state index contributed by atoms with van der Waals surface area (Å²) in [4.78, 5) is 37.0. The lowest BCUT2D eigenvalue weighted by molar-refractivity contribution is -0.154. The summed E-state index contributed by atoms with van der Waals surface area (Å²) in [5, 5.41) is 1.60. The van der Waals surface area contributed by atoms with E-state index in [2.05, 4.69) is 0 Å². The van der Waals surface area contributed by atoms with Gasteiger partial charge in [-0.1, -0.05) is 6.07 Å². The van der Waals surface area contributed by atoms with Crippen molar-refractivity contribution in [1.29, 1.82) is 0 Å². The Kier molecular flexibility index (Phi) is 6.29. The number of hydrogen-bond acceptors (Lipinski definition) is 5. The maximum absolute atomic E-state index is 12.3. The maximum atomic E-state index is 12.3. The van der Waals surface area contributed by atoms with Crippen molar-refractivity contribution in [2.45, 2.75) is 19.5 Å². The van der Waals surface area contributed by atoms with Crippen LogP contribution in [0.3, 0.4) is 0 Å². The van der Waals surface area contributed by atoms with Gasteiger partial charge in [0.05, 0.1) is 18.7 Å². The molecule has 2 rings (SSSR count). The van der Waals surface area contributed by atoms with Gasteiger partial charge >= 0.3 is 12.1 Å². The topological polar surface area (TPSA) is 84.9 Å². The van der Waals surface area contributed by atoms with Gasteiger partial charge in [0.1, 0.15) is 12.3 Å². The van der Waals surface area contributed by atoms with Crippen molar-refractivity contribution >= 4 is 23.5 Å². The van der Waals surface area contributed by atoms with Crippen LogP contribution in [-0.4, -0.2) is 50.8 Å². The number of halogens is 3. The van der Waals surface area contributed by atoms with Crippen LogP contribution in [0.15, 0.2) is 18.2 Å². The number of hydrogen-bond donors (Lipinski definition) is 1. The number of anilines is 1. The fraction of sp³-hybridized carbons (Fsp3) is 0.471. The molecule has 10 heteroatoms. The van der Waals surface area contributed by atoms with Crippen molar-refractivity contribution < 1.29 is 37.0 Å². The molecule has 1 heterocycles. The summed E-state index contributed by atoms with van der Waals surface area (Å²) < 4.78 is 46.0. The van der Waals surface area contributed by atoms with Gasteiger partial charge in [-0.05, 0) is 24.6 Å². The summed E-state index contributed by atoms with van der Waals surface area (Å²) in [5.74, 6) is -2.56. The zero-order valence-corrected chi connectivity index (χ0v) is 14.8. The smallest absolute Gasteiger partial charge is 0.405 e. The Hall–Kier alpha value is -2.78. The molecule has 0 aromatic heterocycles. The Morgan fingerprint density at radius 2 is 2.04 bits per heavy atom. The molecule has 1 aliphatic rings. The monoisotopic (exact) mass is 388 g/mol. The summed E-state index contributed by atoms with van der Waals surface area (Å²) >= 11 is 0. The molecule has 0 unspecified atom stereocenters. The predicted molar refractivity (Wildman–Crippen MR) is 88.2 cm³/mol. The van der Waals surface area contributed by atoms with E-state index < -0.39 is 37.1 Å². The van der Waals surface area contributed by atoms with Crippen LogP contribution in [0.25, 0.3) is 0 Å². The molecule has 0 aliphatic carbocycles. The third-order valence-corrected chi connectivity index (χ3v) is 3.92. The van der Waals surface area contributed by atoms with Gasteiger partial charge in [0.25, 0.3) is 5.91 Å². The van der Waals surface area contributed by atoms with Gasteiger partial charge in [-0.2, -0.15) is 13.2 Å². The second kappa shape index (κ2) is 8.28. The van der Waals surface area contributed by atoms with E-state index in [0.29, 0.717) is 11.4 Å². The lowest BCUT2D eigenvalue weighted by atomic mass is 10.1. The van der Waals surface area contributed by atoms with Crippen LogP contribution in [0.4, 0.5) is 18.9 Å². The first kappa shape index (κ1) is 20.5. The lowest BCUT2D eigenvalue weighted by Gasteiger charge is -2.20. The van der Waals surface area contributed by atoms with Crippen molar-refractivity contribution in [2.75, 3.05) is 31.7 Å². The fourth-order valence-corrected chi connectivity index (χ4v) is 2.61. The van der Waals surface area contributed by atoms with E-state index in [-0.39, 0.29) is 18.9 Å². The van der Waals surface area contributed by atoms with E-state index in [9.17, 15) is 27.6 Å². The minimum absolute atomic E-state index is 0.0294. The third kappa shape index (κ3) is 5.60. The molecule has 148 valence electrons. The summed E-state index contributed by atoms with van der Waals surface area (Å²) in [7, 11) is 1.46. The molecular formula is C17H19F3N2O5. The van der Waals surface area contributed by atoms with Crippen molar-refractivity contribution in [3.8, 4) is 5.75 Å². The highest BCUT2D eigenvalue weighted by molar-refractivity contribution is 6.00. The Bertz CT molecular complexity index is 736. The molecule has 1 saturated heterocycles. The van der Waals surface area contributed by atoms with Crippen LogP contribution < -0.4 is 15.0 Å². The molecule has 1 N–H and O–H groups in total. The van der Waals surface area contributed by atoms with Crippen LogP contribution in [0.1, 0.15) is 12.0 Å². The Labute approximate surface area is 153 Å². The van der Waals surface area contributed by atoms with Gasteiger partial charge in [-0.15, -0.1) is 0 Å². The number of esters is 1. The molecule has 0 spiro atoms. The summed E-state index contributed by atoms with van der Waals surface area (Å²) in [6, 6.07) is 5.26. The van der Waals surface area contributed by atoms with Gasteiger partial charge < -0.3 is 19.7 Å². The molecule has 0 bridgehead atoms. The summed E-state index contributed by atoms with van der Waals surface area (Å²) in [6.07, 6.45) is -4.68. The zero-order valence-electron chi connectivity index (χ0n) is 14.8. The number of benzene rings is 1. The van der Waals surface area contributed by atoms with Crippen molar-refractivity contribution in [1.82, 2.24) is 5.32 Å². The highest BCUT2D eigenvalue weighted by Crippen LogP contribution is 2.34. The predicted octanol–water partition coefficient (Wildman–Crippen LogP) is 1.58. The second-order valence-electron chi connectivity index (χ2n) is 6.08. The first-order valence-electron chi connectivity index (χ1n) is 8.06. The Morgan fingerprint density at radius 1 is 1.33 bits per heavy atom. The largest absolute Gasteiger partial charge is 0.495 e. The number of methoxy groups -OCH3 is 1. The standard InChI is InChI=1S/C17H19F3N2O5/c1-10-3-4-13(26-2)12(5-10)22-7-11(6-15(22)24)16(25)27-8-14(23)21-9-17(18,19)20/h3-5,11H,6-9H2,1-2H3,(H,21,23)/t11-/m1/s1. The first-order chi connectivity index (χ1) is 12.6. The maximum Gasteiger partial charge on any atom is 0.405 e. The van der Waals surface area contributed by atoms with Crippen LogP contribution in [0.5, 0.6) is 5.75 Å². The first-order valence-corrected chi connectivity index (χ1v) is 8.06. The number of ether oxygens (including phenoxy) is 2. The van der Waals surface area contributed by atoms with Gasteiger partial charge in [0.2, 0.25) is 5.91 Å². The Morgan fingerprint density at radius 3 is 2.67 bits per heavy atom. The Balaban J connectivity index is 1.94. The van der Waals surface area contributed by atoms with Crippen molar-refractivity contribution in [3.05, 3.63) is 23.8 Å². The average molecular weight is 388 g/mol. The zero-order chi connectivity index (χ0) is 20.2. The molecule has 0 saturated carbocycles. The number of nitrogens with zero attached hydrogens (tertiary/aromatic N) is 1. The number of carbonyl (C=O) groups excluding carboxylic acids is 3. The van der Waals surface area contributed by atoms with Crippen molar-refractivity contribution in [3.63, 3.8) is 0 Å². The molecule has 1 aromatic carbocycles. The lowest BCUT2D eigenvalue weighted by Crippen LogP contribution is -2.37. The number of alkyl halides is 3. The molecule has 1 aliphatic heterocycles. The minimum atomic E-state index is -4.55. The third-order valence-electron chi connectivity index (χ3n) is 3.92. The van der Waals surface area contributed by atoms with E-state index in [1.54, 1.807) is 17.4 Å². The molecule has 7 nitrogen and oxygen atoms in total. The van der Waals surface area contributed by atoms with Crippen molar-refractivity contribution in [2.24, 2.45) is 5.92 Å². The van der Waals surface area contributed by atoms with Gasteiger partial charge in [-0.25, -0.2) is 0 Å². The number of nitrogens with one attached hydrogen (secondary N) is 1. The van der Waals surface area contributed by atoms with E-state index in [4.69, 9.17) is 9.47 Å². The summed E-state index contributed by atoms with van der Waals surface area (Å²) in [6.45, 7) is -0.476. The fourth-order valence-electron chi connectivity index (χ4n) is 2.61. The second-order valence-corrected chi connectivity index (χ2v) is 6.08. The highest BCUT2D eigenvalue weighted by Gasteiger charge is 2.37. The van der Waals surface area contributed by atoms with E-state index in [1.165, 1.54) is 12.0 Å². The normalized spacial score (nSPS) is 17.0. The van der Waals surface area contributed by atoms with Crippen LogP contribution >= 0.6 is 0 Å². The summed E-state index contributed by atoms with van der Waals surface area (Å²) in [5.41, 5.74) is 1.41. The van der Waals surface area contributed by atoms with Crippen LogP contribution in [0, 0.1) is 12.8 Å². The SMILES string of the molecule is COc1ccc(C)cc1N1C[C@H](C(=O)OCC(=O)NCC(F)(F)F)CC1=O.